The highest BCUT2D eigenvalue weighted by Gasteiger charge is 2.13. The lowest BCUT2D eigenvalue weighted by atomic mass is 10.1. The molecule has 0 aliphatic carbocycles. The van der Waals surface area contributed by atoms with Gasteiger partial charge in [-0.25, -0.2) is 0 Å². The molecule has 0 saturated carbocycles. The van der Waals surface area contributed by atoms with E-state index in [2.05, 4.69) is 0 Å². The van der Waals surface area contributed by atoms with Crippen molar-refractivity contribution in [1.82, 2.24) is 4.90 Å². The average molecular weight is 260 g/mol. The Kier molecular flexibility index (Phi) is 5.64. The summed E-state index contributed by atoms with van der Waals surface area (Å²) in [7, 11) is 0. The van der Waals surface area contributed by atoms with Gasteiger partial charge >= 0.3 is 0 Å². The van der Waals surface area contributed by atoms with Crippen LogP contribution in [0.3, 0.4) is 0 Å². The molecule has 1 rings (SSSR count). The van der Waals surface area contributed by atoms with Crippen LogP contribution in [0.15, 0.2) is 24.3 Å². The van der Waals surface area contributed by atoms with Crippen LogP contribution < -0.4 is 0 Å². The lowest BCUT2D eigenvalue weighted by molar-refractivity contribution is 0.0775. The lowest BCUT2D eigenvalue weighted by Crippen LogP contribution is -2.34. The molecular weight excluding hydrogens is 245 g/mol. The van der Waals surface area contributed by atoms with Crippen molar-refractivity contribution in [1.29, 1.82) is 0 Å². The number of carbonyl (C=O) groups excluding carboxylic acids is 1. The molecule has 0 aliphatic rings. The molecule has 4 heteroatoms. The Morgan fingerprint density at radius 3 is 2.06 bits per heavy atom. The minimum Gasteiger partial charge on any atom is -0.336 e. The van der Waals surface area contributed by atoms with Crippen molar-refractivity contribution in [3.63, 3.8) is 0 Å². The van der Waals surface area contributed by atoms with Gasteiger partial charge in [-0.2, -0.15) is 0 Å². The van der Waals surface area contributed by atoms with E-state index >= 15 is 0 Å². The van der Waals surface area contributed by atoms with Crippen LogP contribution in [-0.4, -0.2) is 35.7 Å². The molecule has 0 bridgehead atoms. The summed E-state index contributed by atoms with van der Waals surface area (Å²) in [6, 6.07) is 7.50. The summed E-state index contributed by atoms with van der Waals surface area (Å²) in [5.41, 5.74) is 1.82. The minimum absolute atomic E-state index is 0.0127. The summed E-state index contributed by atoms with van der Waals surface area (Å²) in [5.74, 6) is 0.837. The molecule has 0 unspecified atom stereocenters. The van der Waals surface area contributed by atoms with Crippen LogP contribution in [0.25, 0.3) is 0 Å². The summed E-state index contributed by atoms with van der Waals surface area (Å²) in [5, 5.41) is 0. The predicted molar refractivity (Wildman–Crippen MR) is 68.5 cm³/mol. The third-order valence-electron chi connectivity index (χ3n) is 2.29. The number of rotatable bonds is 5. The molecule has 1 aromatic rings. The third kappa shape index (κ3) is 3.69. The van der Waals surface area contributed by atoms with E-state index in [0.717, 1.165) is 5.56 Å². The number of amides is 1. The second kappa shape index (κ2) is 6.77. The van der Waals surface area contributed by atoms with Crippen molar-refractivity contribution >= 4 is 29.1 Å². The molecule has 0 N–H and O–H groups in total. The van der Waals surface area contributed by atoms with E-state index in [9.17, 15) is 4.79 Å². The molecule has 1 amide bonds. The zero-order valence-electron chi connectivity index (χ0n) is 9.25. The first-order chi connectivity index (χ1) is 7.69. The SMILES string of the molecule is Cc1ccc(C(=O)N(CCCl)CCCl)cc1. The maximum Gasteiger partial charge on any atom is 0.253 e. The van der Waals surface area contributed by atoms with Crippen molar-refractivity contribution in [3.05, 3.63) is 35.4 Å². The summed E-state index contributed by atoms with van der Waals surface area (Å²) in [4.78, 5) is 13.7. The van der Waals surface area contributed by atoms with E-state index in [1.54, 1.807) is 4.90 Å². The molecule has 88 valence electrons. The van der Waals surface area contributed by atoms with E-state index in [0.29, 0.717) is 30.4 Å². The Morgan fingerprint density at radius 1 is 1.12 bits per heavy atom. The summed E-state index contributed by atoms with van der Waals surface area (Å²) < 4.78 is 0. The quantitative estimate of drug-likeness (QED) is 0.745. The fraction of sp³-hybridized carbons (Fsp3) is 0.417. The highest BCUT2D eigenvalue weighted by molar-refractivity contribution is 6.18. The van der Waals surface area contributed by atoms with Gasteiger partial charge in [0.2, 0.25) is 0 Å². The molecule has 0 fully saturated rings. The number of hydrogen-bond acceptors (Lipinski definition) is 1. The first kappa shape index (κ1) is 13.3. The molecule has 1 aromatic carbocycles. The average Bonchev–Trinajstić information content (AvgIpc) is 2.29. The zero-order chi connectivity index (χ0) is 12.0. The van der Waals surface area contributed by atoms with Crippen molar-refractivity contribution in [2.24, 2.45) is 0 Å². The highest BCUT2D eigenvalue weighted by Crippen LogP contribution is 2.07. The largest absolute Gasteiger partial charge is 0.336 e. The maximum atomic E-state index is 12.0. The van der Waals surface area contributed by atoms with Crippen LogP contribution >= 0.6 is 23.2 Å². The molecule has 0 heterocycles. The van der Waals surface area contributed by atoms with Gasteiger partial charge in [0.05, 0.1) is 0 Å². The number of benzene rings is 1. The van der Waals surface area contributed by atoms with Crippen molar-refractivity contribution < 1.29 is 4.79 Å². The van der Waals surface area contributed by atoms with E-state index in [1.807, 2.05) is 31.2 Å². The van der Waals surface area contributed by atoms with Crippen molar-refractivity contribution in [3.8, 4) is 0 Å². The van der Waals surface area contributed by atoms with E-state index in [1.165, 1.54) is 0 Å². The van der Waals surface area contributed by atoms with Gasteiger partial charge in [0.15, 0.2) is 0 Å². The summed E-state index contributed by atoms with van der Waals surface area (Å²) in [6.07, 6.45) is 0. The highest BCUT2D eigenvalue weighted by atomic mass is 35.5. The number of alkyl halides is 2. The van der Waals surface area contributed by atoms with Gasteiger partial charge in [-0.15, -0.1) is 23.2 Å². The standard InChI is InChI=1S/C12H15Cl2NO/c1-10-2-4-11(5-3-10)12(16)15(8-6-13)9-7-14/h2-5H,6-9H2,1H3. The van der Waals surface area contributed by atoms with E-state index < -0.39 is 0 Å². The van der Waals surface area contributed by atoms with Gasteiger partial charge in [-0.05, 0) is 19.1 Å². The van der Waals surface area contributed by atoms with E-state index in [-0.39, 0.29) is 5.91 Å². The Hall–Kier alpha value is -0.730. The van der Waals surface area contributed by atoms with Crippen LogP contribution in [0.2, 0.25) is 0 Å². The fourth-order valence-electron chi connectivity index (χ4n) is 1.40. The van der Waals surface area contributed by atoms with Gasteiger partial charge in [-0.1, -0.05) is 17.7 Å². The Balaban J connectivity index is 2.77. The minimum atomic E-state index is -0.0127. The first-order valence-corrected chi connectivity index (χ1v) is 6.24. The van der Waals surface area contributed by atoms with Crippen LogP contribution in [0, 0.1) is 6.92 Å². The fourth-order valence-corrected chi connectivity index (χ4v) is 1.81. The Labute approximate surface area is 106 Å². The smallest absolute Gasteiger partial charge is 0.253 e. The number of carbonyl (C=O) groups is 1. The predicted octanol–water partition coefficient (Wildman–Crippen LogP) is 2.91. The summed E-state index contributed by atoms with van der Waals surface area (Å²) in [6.45, 7) is 3.05. The third-order valence-corrected chi connectivity index (χ3v) is 2.63. The number of halogens is 2. The second-order valence-corrected chi connectivity index (χ2v) is 4.29. The second-order valence-electron chi connectivity index (χ2n) is 3.54. The normalized spacial score (nSPS) is 10.2. The number of hydrogen-bond donors (Lipinski definition) is 0. The topological polar surface area (TPSA) is 20.3 Å². The molecule has 0 saturated heterocycles. The van der Waals surface area contributed by atoms with Gasteiger partial charge in [-0.3, -0.25) is 4.79 Å². The van der Waals surface area contributed by atoms with Crippen LogP contribution in [0.1, 0.15) is 15.9 Å². The number of aryl methyl sites for hydroxylation is 1. The first-order valence-electron chi connectivity index (χ1n) is 5.17. The van der Waals surface area contributed by atoms with Crippen LogP contribution in [0.4, 0.5) is 0 Å². The molecule has 0 atom stereocenters. The zero-order valence-corrected chi connectivity index (χ0v) is 10.8. The van der Waals surface area contributed by atoms with E-state index in [4.69, 9.17) is 23.2 Å². The monoisotopic (exact) mass is 259 g/mol. The Bertz CT molecular complexity index is 331. The Morgan fingerprint density at radius 2 is 1.62 bits per heavy atom. The van der Waals surface area contributed by atoms with Crippen LogP contribution in [-0.2, 0) is 0 Å². The van der Waals surface area contributed by atoms with Gasteiger partial charge in [0.1, 0.15) is 0 Å². The van der Waals surface area contributed by atoms with Gasteiger partial charge in [0, 0.05) is 30.4 Å². The molecule has 0 radical (unpaired) electrons. The van der Waals surface area contributed by atoms with Crippen molar-refractivity contribution in [2.75, 3.05) is 24.8 Å². The molecule has 0 spiro atoms. The summed E-state index contributed by atoms with van der Waals surface area (Å²) >= 11 is 11.3. The van der Waals surface area contributed by atoms with Crippen LogP contribution in [0.5, 0.6) is 0 Å². The maximum absolute atomic E-state index is 12.0. The molecule has 0 aliphatic heterocycles. The van der Waals surface area contributed by atoms with Gasteiger partial charge < -0.3 is 4.90 Å². The molecule has 0 aromatic heterocycles. The molecular formula is C12H15Cl2NO. The van der Waals surface area contributed by atoms with Crippen molar-refractivity contribution in [2.45, 2.75) is 6.92 Å². The van der Waals surface area contributed by atoms with Gasteiger partial charge in [0.25, 0.3) is 5.91 Å². The lowest BCUT2D eigenvalue weighted by Gasteiger charge is -2.20. The molecule has 2 nitrogen and oxygen atoms in total. The molecule has 16 heavy (non-hydrogen) atoms. The number of nitrogens with zero attached hydrogens (tertiary/aromatic N) is 1.